The first kappa shape index (κ1) is 51.1. The summed E-state index contributed by atoms with van der Waals surface area (Å²) in [5, 5.41) is 29.4. The van der Waals surface area contributed by atoms with Gasteiger partial charge in [-0.3, -0.25) is 19.9 Å². The number of benzene rings is 1. The Bertz CT molecular complexity index is 2580. The average Bonchev–Trinajstić information content (AvgIpc) is 3.69. The fourth-order valence-electron chi connectivity index (χ4n) is 8.94. The van der Waals surface area contributed by atoms with Crippen LogP contribution in [0.25, 0.3) is 21.8 Å². The van der Waals surface area contributed by atoms with Gasteiger partial charge < -0.3 is 58.4 Å². The SMILES string of the molecule is CC#C/C=C\C#C[C@H](OC1OC(C)C2(SC)COC(c3nccc4c3[nH]c3ccc(O)cc34)OC2C1OC1CC(OC)C(NC(C)C)CO1)C1=C(NC(=O)OC)C(=O)C[C@H](O)/C1=C/CSC(C)=O. The van der Waals surface area contributed by atoms with Crippen LogP contribution in [0.15, 0.2) is 65.5 Å². The molecule has 3 aliphatic heterocycles. The zero-order chi connectivity index (χ0) is 48.7. The second kappa shape index (κ2) is 22.8. The number of nitrogens with one attached hydrogen (secondary N) is 3. The number of fused-ring (bicyclic) bond motifs is 4. The van der Waals surface area contributed by atoms with Crippen LogP contribution in [0.5, 0.6) is 5.75 Å². The van der Waals surface area contributed by atoms with Gasteiger partial charge in [0.15, 0.2) is 23.5 Å². The number of H-pyrrole nitrogens is 1. The highest BCUT2D eigenvalue weighted by molar-refractivity contribution is 8.13. The number of pyridine rings is 1. The first-order valence-corrected chi connectivity index (χ1v) is 24.4. The van der Waals surface area contributed by atoms with E-state index in [0.717, 1.165) is 35.2 Å². The number of phenols is 1. The van der Waals surface area contributed by atoms with Gasteiger partial charge in [-0.15, -0.1) is 5.92 Å². The standard InChI is InChI=1S/C49H58N4O13S2/c1-9-10-11-12-13-14-37(40-31(18-20-68-28(5)54)35(56)22-36(57)42(40)53-48(58)60-7)64-47-44(65-39-23-38(59-6)34(24-61-39)51-26(2)3)45-49(67-8,27(4)63-47)25-62-46(66-45)43-41-30(17-19-50-43)32-21-29(55)15-16-33(32)52-41/h11-12,15-19,21,26-27,34-35,37-39,44-47,51-52,55-56H,20,22-25H2,1-8H3,(H,53,58)/b12-11-,31-18-/t27?,34?,35-,37-,38?,39?,44?,45?,46?,47?,49?/m0/s1. The van der Waals surface area contributed by atoms with Crippen LogP contribution in [0.3, 0.4) is 0 Å². The molecule has 364 valence electrons. The number of aliphatic hydroxyl groups is 1. The number of ether oxygens (including phenoxy) is 8. The number of carbonyl (C=O) groups is 3. The number of alkyl carbamates (subject to hydrolysis) is 1. The summed E-state index contributed by atoms with van der Waals surface area (Å²) >= 11 is 2.47. The Balaban J connectivity index is 1.36. The molecule has 9 unspecified atom stereocenters. The van der Waals surface area contributed by atoms with Crippen LogP contribution in [0, 0.1) is 23.7 Å². The number of aromatic nitrogens is 2. The number of Topliss-reactive ketones (excluding diaryl/α,β-unsaturated/α-hetero) is 1. The van der Waals surface area contributed by atoms with Crippen LogP contribution in [0.2, 0.25) is 0 Å². The minimum Gasteiger partial charge on any atom is -0.508 e. The number of phenolic OH excluding ortho intramolecular Hbond substituents is 1. The molecule has 7 rings (SSSR count). The molecule has 4 aliphatic rings. The van der Waals surface area contributed by atoms with Crippen molar-refractivity contribution in [3.05, 3.63) is 71.2 Å². The molecule has 0 saturated carbocycles. The predicted octanol–water partition coefficient (Wildman–Crippen LogP) is 5.31. The average molecular weight is 975 g/mol. The predicted molar refractivity (Wildman–Crippen MR) is 256 cm³/mol. The Hall–Kier alpha value is -4.74. The lowest BCUT2D eigenvalue weighted by atomic mass is 9.84. The maximum Gasteiger partial charge on any atom is 0.411 e. The molecule has 3 fully saturated rings. The van der Waals surface area contributed by atoms with E-state index in [2.05, 4.69) is 39.3 Å². The molecule has 17 nitrogen and oxygen atoms in total. The first-order chi connectivity index (χ1) is 32.7. The second-order valence-electron chi connectivity index (χ2n) is 16.8. The normalized spacial score (nSPS) is 29.6. The van der Waals surface area contributed by atoms with Gasteiger partial charge in [0.05, 0.1) is 60.6 Å². The van der Waals surface area contributed by atoms with E-state index < -0.39 is 66.0 Å². The molecule has 19 heteroatoms. The number of carbonyl (C=O) groups excluding carboxylic acids is 3. The highest BCUT2D eigenvalue weighted by Gasteiger charge is 2.61. The lowest BCUT2D eigenvalue weighted by molar-refractivity contribution is -0.367. The summed E-state index contributed by atoms with van der Waals surface area (Å²) < 4.78 is 51.0. The molecule has 0 bridgehead atoms. The highest BCUT2D eigenvalue weighted by Crippen LogP contribution is 2.50. The molecular formula is C49H58N4O13S2. The van der Waals surface area contributed by atoms with Gasteiger partial charge in [0.25, 0.3) is 0 Å². The number of hydrogen-bond acceptors (Lipinski definition) is 17. The van der Waals surface area contributed by atoms with Crippen molar-refractivity contribution in [1.82, 2.24) is 20.6 Å². The number of aromatic amines is 1. The van der Waals surface area contributed by atoms with Gasteiger partial charge in [0.2, 0.25) is 6.29 Å². The number of hydrogen-bond donors (Lipinski definition) is 5. The third kappa shape index (κ3) is 11.1. The molecule has 3 saturated heterocycles. The largest absolute Gasteiger partial charge is 0.508 e. The summed E-state index contributed by atoms with van der Waals surface area (Å²) in [7, 11) is 2.80. The van der Waals surface area contributed by atoms with Gasteiger partial charge in [0, 0.05) is 66.7 Å². The minimum atomic E-state index is -1.41. The zero-order valence-electron chi connectivity index (χ0n) is 39.2. The Kier molecular flexibility index (Phi) is 17.1. The summed E-state index contributed by atoms with van der Waals surface area (Å²) in [5.74, 6) is 11.3. The smallest absolute Gasteiger partial charge is 0.411 e. The van der Waals surface area contributed by atoms with E-state index in [1.54, 1.807) is 50.6 Å². The topological polar surface area (TPSA) is 218 Å². The molecule has 5 heterocycles. The number of rotatable bonds is 13. The molecule has 68 heavy (non-hydrogen) atoms. The lowest BCUT2D eigenvalue weighted by Gasteiger charge is -2.56. The van der Waals surface area contributed by atoms with Crippen LogP contribution in [0.1, 0.15) is 59.4 Å². The summed E-state index contributed by atoms with van der Waals surface area (Å²) in [5.41, 5.74) is 1.91. The van der Waals surface area contributed by atoms with E-state index in [-0.39, 0.29) is 71.3 Å². The molecule has 1 aliphatic carbocycles. The van der Waals surface area contributed by atoms with E-state index in [0.29, 0.717) is 17.6 Å². The van der Waals surface area contributed by atoms with Crippen molar-refractivity contribution in [2.45, 2.75) is 120 Å². The maximum atomic E-state index is 13.9. The van der Waals surface area contributed by atoms with Gasteiger partial charge in [-0.05, 0) is 62.1 Å². The van der Waals surface area contributed by atoms with E-state index in [9.17, 15) is 24.6 Å². The van der Waals surface area contributed by atoms with Crippen molar-refractivity contribution >= 4 is 62.3 Å². The second-order valence-corrected chi connectivity index (χ2v) is 19.2. The number of thioether (sulfide) groups is 2. The van der Waals surface area contributed by atoms with Crippen LogP contribution in [-0.2, 0) is 47.5 Å². The number of aromatic hydroxyl groups is 1. The van der Waals surface area contributed by atoms with Gasteiger partial charge in [-0.1, -0.05) is 49.4 Å². The van der Waals surface area contributed by atoms with Crippen LogP contribution in [-0.4, -0.2) is 143 Å². The van der Waals surface area contributed by atoms with Gasteiger partial charge >= 0.3 is 6.09 Å². The summed E-state index contributed by atoms with van der Waals surface area (Å²) in [6.45, 7) is 9.44. The fourth-order valence-corrected chi connectivity index (χ4v) is 10.4. The monoisotopic (exact) mass is 974 g/mol. The molecule has 5 N–H and O–H groups in total. The molecule has 3 aromatic rings. The zero-order valence-corrected chi connectivity index (χ0v) is 40.8. The molecule has 0 spiro atoms. The van der Waals surface area contributed by atoms with E-state index >= 15 is 0 Å². The number of nitrogens with zero attached hydrogens (tertiary/aromatic N) is 1. The van der Waals surface area contributed by atoms with Crippen molar-refractivity contribution in [3.63, 3.8) is 0 Å². The van der Waals surface area contributed by atoms with Crippen LogP contribution in [0.4, 0.5) is 4.79 Å². The van der Waals surface area contributed by atoms with Gasteiger partial charge in [-0.25, -0.2) is 4.79 Å². The lowest BCUT2D eigenvalue weighted by Crippen LogP contribution is -2.70. The summed E-state index contributed by atoms with van der Waals surface area (Å²) in [6, 6.07) is 6.94. The van der Waals surface area contributed by atoms with Crippen molar-refractivity contribution in [2.24, 2.45) is 0 Å². The number of ketones is 1. The number of aliphatic hydroxyl groups excluding tert-OH is 1. The van der Waals surface area contributed by atoms with Crippen LogP contribution >= 0.6 is 23.5 Å². The quantitative estimate of drug-likeness (QED) is 0.137. The molecule has 2 aromatic heterocycles. The number of allylic oxidation sites excluding steroid dienone is 3. The van der Waals surface area contributed by atoms with E-state index in [1.807, 2.05) is 33.1 Å². The summed E-state index contributed by atoms with van der Waals surface area (Å²) in [4.78, 5) is 47.1. The Morgan fingerprint density at radius 2 is 1.93 bits per heavy atom. The molecule has 11 atom stereocenters. The Morgan fingerprint density at radius 3 is 2.65 bits per heavy atom. The van der Waals surface area contributed by atoms with Gasteiger partial charge in [-0.2, -0.15) is 11.8 Å². The molecule has 1 aromatic carbocycles. The number of methoxy groups -OCH3 is 2. The van der Waals surface area contributed by atoms with E-state index in [4.69, 9.17) is 42.9 Å². The van der Waals surface area contributed by atoms with Crippen LogP contribution < -0.4 is 10.6 Å². The minimum absolute atomic E-state index is 0.0324. The highest BCUT2D eigenvalue weighted by atomic mass is 32.2. The third-order valence-electron chi connectivity index (χ3n) is 12.2. The van der Waals surface area contributed by atoms with Gasteiger partial charge in [0.1, 0.15) is 29.8 Å². The fraction of sp³-hybridized carbons (Fsp3) is 0.510. The molecular weight excluding hydrogens is 917 g/mol. The Morgan fingerprint density at radius 1 is 1.13 bits per heavy atom. The van der Waals surface area contributed by atoms with Crippen molar-refractivity contribution < 1.29 is 62.5 Å². The molecule has 0 radical (unpaired) electrons. The first-order valence-electron chi connectivity index (χ1n) is 22.2. The number of amides is 1. The van der Waals surface area contributed by atoms with Crippen molar-refractivity contribution in [1.29, 1.82) is 0 Å². The summed E-state index contributed by atoms with van der Waals surface area (Å²) in [6.07, 6.45) is -1.72. The maximum absolute atomic E-state index is 13.9. The third-order valence-corrected chi connectivity index (χ3v) is 14.4. The van der Waals surface area contributed by atoms with Crippen molar-refractivity contribution in [3.8, 4) is 29.4 Å². The molecule has 1 amide bonds. The van der Waals surface area contributed by atoms with E-state index in [1.165, 1.54) is 24.8 Å². The Labute approximate surface area is 403 Å². The van der Waals surface area contributed by atoms with Crippen molar-refractivity contribution in [2.75, 3.05) is 39.4 Å².